The highest BCUT2D eigenvalue weighted by Gasteiger charge is 2.22. The normalized spacial score (nSPS) is 19.1. The third kappa shape index (κ3) is 4.00. The van der Waals surface area contributed by atoms with Crippen molar-refractivity contribution in [2.45, 2.75) is 37.8 Å². The number of hydrogen-bond donors (Lipinski definition) is 1. The Labute approximate surface area is 149 Å². The molecule has 0 spiro atoms. The first-order valence-electron chi connectivity index (χ1n) is 8.71. The lowest BCUT2D eigenvalue weighted by atomic mass is 9.98. The molecule has 24 heavy (non-hydrogen) atoms. The van der Waals surface area contributed by atoms with Crippen LogP contribution in [-0.2, 0) is 13.5 Å². The average Bonchev–Trinajstić information content (AvgIpc) is 2.86. The van der Waals surface area contributed by atoms with Crippen LogP contribution in [0.25, 0.3) is 0 Å². The molecule has 5 heteroatoms. The number of nitrogens with zero attached hydrogens (tertiary/aromatic N) is 3. The molecular formula is C19H27ClN4. The minimum Gasteiger partial charge on any atom is -0.308 e. The Morgan fingerprint density at radius 1 is 1.38 bits per heavy atom. The van der Waals surface area contributed by atoms with E-state index in [4.69, 9.17) is 11.6 Å². The summed E-state index contributed by atoms with van der Waals surface area (Å²) in [6.07, 6.45) is 8.90. The summed E-state index contributed by atoms with van der Waals surface area (Å²) in [4.78, 5) is 2.25. The van der Waals surface area contributed by atoms with Gasteiger partial charge >= 0.3 is 0 Å². The second-order valence-corrected chi connectivity index (χ2v) is 7.41. The van der Waals surface area contributed by atoms with Crippen LogP contribution in [0.4, 0.5) is 0 Å². The van der Waals surface area contributed by atoms with Gasteiger partial charge in [-0.2, -0.15) is 5.10 Å². The molecule has 1 aliphatic carbocycles. The van der Waals surface area contributed by atoms with Gasteiger partial charge in [0.1, 0.15) is 0 Å². The van der Waals surface area contributed by atoms with Crippen molar-refractivity contribution in [3.8, 4) is 0 Å². The minimum absolute atomic E-state index is 0.310. The number of benzene rings is 1. The van der Waals surface area contributed by atoms with Gasteiger partial charge in [-0.25, -0.2) is 0 Å². The van der Waals surface area contributed by atoms with Crippen molar-refractivity contribution >= 4 is 11.6 Å². The number of likely N-dealkylation sites (N-methyl/N-ethyl adjacent to an activating group) is 1. The van der Waals surface area contributed by atoms with Crippen molar-refractivity contribution in [3.63, 3.8) is 0 Å². The topological polar surface area (TPSA) is 33.1 Å². The van der Waals surface area contributed by atoms with Gasteiger partial charge in [0.25, 0.3) is 0 Å². The van der Waals surface area contributed by atoms with Crippen molar-refractivity contribution in [1.29, 1.82) is 0 Å². The van der Waals surface area contributed by atoms with Crippen molar-refractivity contribution in [1.82, 2.24) is 20.0 Å². The van der Waals surface area contributed by atoms with E-state index in [1.807, 2.05) is 24.0 Å². The molecule has 2 atom stereocenters. The van der Waals surface area contributed by atoms with Crippen molar-refractivity contribution in [2.75, 3.05) is 20.6 Å². The van der Waals surface area contributed by atoms with Gasteiger partial charge in [-0.3, -0.25) is 4.68 Å². The first-order valence-corrected chi connectivity index (χ1v) is 9.09. The molecule has 1 N–H and O–H groups in total. The Kier molecular flexibility index (Phi) is 5.59. The Balaban J connectivity index is 1.76. The summed E-state index contributed by atoms with van der Waals surface area (Å²) in [7, 11) is 6.21. The van der Waals surface area contributed by atoms with Crippen LogP contribution in [0.15, 0.2) is 30.6 Å². The minimum atomic E-state index is 0.310. The summed E-state index contributed by atoms with van der Waals surface area (Å²) in [5, 5.41) is 8.95. The fraction of sp³-hybridized carbons (Fsp3) is 0.526. The number of fused-ring (bicyclic) bond motifs is 1. The van der Waals surface area contributed by atoms with Crippen molar-refractivity contribution < 1.29 is 0 Å². The summed E-state index contributed by atoms with van der Waals surface area (Å²) in [6, 6.07) is 7.04. The molecule has 0 radical (unpaired) electrons. The zero-order valence-electron chi connectivity index (χ0n) is 14.8. The van der Waals surface area contributed by atoms with Crippen LogP contribution in [0.2, 0.25) is 5.02 Å². The van der Waals surface area contributed by atoms with E-state index in [0.29, 0.717) is 12.1 Å². The third-order valence-corrected chi connectivity index (χ3v) is 5.20. The van der Waals surface area contributed by atoms with Crippen LogP contribution in [0.1, 0.15) is 48.0 Å². The fourth-order valence-electron chi connectivity index (χ4n) is 3.61. The van der Waals surface area contributed by atoms with Crippen LogP contribution < -0.4 is 5.32 Å². The lowest BCUT2D eigenvalue weighted by Gasteiger charge is -2.27. The molecule has 0 saturated carbocycles. The second kappa shape index (κ2) is 7.68. The van der Waals surface area contributed by atoms with Gasteiger partial charge < -0.3 is 10.2 Å². The van der Waals surface area contributed by atoms with Crippen LogP contribution in [0.3, 0.4) is 0 Å². The maximum atomic E-state index is 6.26. The van der Waals surface area contributed by atoms with Crippen molar-refractivity contribution in [3.05, 3.63) is 52.3 Å². The van der Waals surface area contributed by atoms with Crippen LogP contribution >= 0.6 is 11.6 Å². The molecule has 1 aromatic carbocycles. The second-order valence-electron chi connectivity index (χ2n) is 6.98. The summed E-state index contributed by atoms with van der Waals surface area (Å²) in [5.41, 5.74) is 4.07. The number of nitrogens with one attached hydrogen (secondary N) is 1. The van der Waals surface area contributed by atoms with Gasteiger partial charge in [0.15, 0.2) is 0 Å². The quantitative estimate of drug-likeness (QED) is 0.837. The SMILES string of the molecule is CN(C)[C@@H](CN[C@@H]1CCCCc2ccc(Cl)cc21)c1cnn(C)c1. The van der Waals surface area contributed by atoms with E-state index in [1.165, 1.54) is 36.0 Å². The van der Waals surface area contributed by atoms with E-state index < -0.39 is 0 Å². The molecule has 1 aliphatic rings. The summed E-state index contributed by atoms with van der Waals surface area (Å²) in [6.45, 7) is 0.898. The maximum Gasteiger partial charge on any atom is 0.0538 e. The molecule has 1 heterocycles. The molecular weight excluding hydrogens is 320 g/mol. The number of halogens is 1. The van der Waals surface area contributed by atoms with Gasteiger partial charge in [0.05, 0.1) is 6.20 Å². The molecule has 2 aromatic rings. The molecule has 0 aliphatic heterocycles. The maximum absolute atomic E-state index is 6.26. The zero-order chi connectivity index (χ0) is 17.1. The fourth-order valence-corrected chi connectivity index (χ4v) is 3.79. The molecule has 0 fully saturated rings. The molecule has 3 rings (SSSR count). The highest BCUT2D eigenvalue weighted by molar-refractivity contribution is 6.30. The number of hydrogen-bond acceptors (Lipinski definition) is 3. The Morgan fingerprint density at radius 2 is 2.21 bits per heavy atom. The molecule has 1 aromatic heterocycles. The summed E-state index contributed by atoms with van der Waals surface area (Å²) in [5.74, 6) is 0. The van der Waals surface area contributed by atoms with E-state index in [9.17, 15) is 0 Å². The van der Waals surface area contributed by atoms with Crippen LogP contribution in [0, 0.1) is 0 Å². The number of aryl methyl sites for hydroxylation is 2. The smallest absolute Gasteiger partial charge is 0.0538 e. The van der Waals surface area contributed by atoms with Gasteiger partial charge in [-0.15, -0.1) is 0 Å². The largest absolute Gasteiger partial charge is 0.308 e. The Bertz CT molecular complexity index is 680. The molecule has 0 bridgehead atoms. The molecule has 0 amide bonds. The van der Waals surface area contributed by atoms with E-state index in [0.717, 1.165) is 18.0 Å². The van der Waals surface area contributed by atoms with Gasteiger partial charge in [0, 0.05) is 42.5 Å². The van der Waals surface area contributed by atoms with E-state index in [-0.39, 0.29) is 0 Å². The van der Waals surface area contributed by atoms with E-state index in [2.05, 4.69) is 47.7 Å². The van der Waals surface area contributed by atoms with Gasteiger partial charge in [0.2, 0.25) is 0 Å². The molecule has 4 nitrogen and oxygen atoms in total. The van der Waals surface area contributed by atoms with E-state index >= 15 is 0 Å². The summed E-state index contributed by atoms with van der Waals surface area (Å²) < 4.78 is 1.87. The first kappa shape index (κ1) is 17.5. The van der Waals surface area contributed by atoms with Gasteiger partial charge in [-0.05, 0) is 56.6 Å². The Morgan fingerprint density at radius 3 is 2.92 bits per heavy atom. The highest BCUT2D eigenvalue weighted by atomic mass is 35.5. The lowest BCUT2D eigenvalue weighted by molar-refractivity contribution is 0.277. The summed E-state index contributed by atoms with van der Waals surface area (Å²) >= 11 is 6.26. The van der Waals surface area contributed by atoms with Crippen LogP contribution in [-0.4, -0.2) is 35.3 Å². The first-order chi connectivity index (χ1) is 11.5. The monoisotopic (exact) mass is 346 g/mol. The van der Waals surface area contributed by atoms with Crippen molar-refractivity contribution in [2.24, 2.45) is 7.05 Å². The molecule has 0 saturated heterocycles. The van der Waals surface area contributed by atoms with Gasteiger partial charge in [-0.1, -0.05) is 24.1 Å². The van der Waals surface area contributed by atoms with E-state index in [1.54, 1.807) is 0 Å². The Hall–Kier alpha value is -1.36. The highest BCUT2D eigenvalue weighted by Crippen LogP contribution is 2.31. The third-order valence-electron chi connectivity index (χ3n) is 4.96. The zero-order valence-corrected chi connectivity index (χ0v) is 15.6. The molecule has 130 valence electrons. The standard InChI is InChI=1S/C19H27ClN4/c1-23(2)19(15-11-22-24(3)13-15)12-21-18-7-5-4-6-14-8-9-16(20)10-17(14)18/h8-11,13,18-19,21H,4-7,12H2,1-3H3/t18-,19+/m1/s1. The number of aromatic nitrogens is 2. The predicted molar refractivity (Wildman–Crippen MR) is 99.4 cm³/mol. The predicted octanol–water partition coefficient (Wildman–Crippen LogP) is 3.73. The lowest BCUT2D eigenvalue weighted by Crippen LogP contribution is -2.33. The average molecular weight is 347 g/mol. The van der Waals surface area contributed by atoms with Crippen LogP contribution in [0.5, 0.6) is 0 Å². The molecule has 0 unspecified atom stereocenters. The number of rotatable bonds is 5.